The van der Waals surface area contributed by atoms with Crippen LogP contribution in [0.5, 0.6) is 0 Å². The molecular weight excluding hydrogens is 404 g/mol. The van der Waals surface area contributed by atoms with Crippen LogP contribution >= 0.6 is 0 Å². The zero-order valence-corrected chi connectivity index (χ0v) is 17.9. The Morgan fingerprint density at radius 1 is 0.906 bits per heavy atom. The maximum Gasteiger partial charge on any atom is 0.270 e. The molecule has 2 aromatic heterocycles. The molecule has 1 saturated heterocycles. The normalized spacial score (nSPS) is 14.3. The Balaban J connectivity index is 1.22. The maximum atomic E-state index is 12.8. The Hall–Kier alpha value is -3.81. The van der Waals surface area contributed by atoms with Crippen molar-refractivity contribution in [1.82, 2.24) is 24.8 Å². The van der Waals surface area contributed by atoms with Crippen molar-refractivity contribution in [3.05, 3.63) is 70.3 Å². The van der Waals surface area contributed by atoms with Crippen LogP contribution in [0.1, 0.15) is 17.8 Å². The summed E-state index contributed by atoms with van der Waals surface area (Å²) in [4.78, 5) is 45.8. The van der Waals surface area contributed by atoms with Crippen molar-refractivity contribution in [2.24, 2.45) is 0 Å². The van der Waals surface area contributed by atoms with Gasteiger partial charge in [-0.1, -0.05) is 24.3 Å². The second kappa shape index (κ2) is 8.37. The van der Waals surface area contributed by atoms with E-state index in [4.69, 9.17) is 4.98 Å². The minimum absolute atomic E-state index is 0.0420. The second-order valence-corrected chi connectivity index (χ2v) is 8.02. The van der Waals surface area contributed by atoms with E-state index in [0.717, 1.165) is 28.1 Å². The molecule has 4 aromatic rings. The van der Waals surface area contributed by atoms with Gasteiger partial charge in [-0.25, -0.2) is 15.0 Å². The summed E-state index contributed by atoms with van der Waals surface area (Å²) in [6.07, 6.45) is 0.595. The minimum atomic E-state index is -0.230. The smallest absolute Gasteiger partial charge is 0.270 e. The number of amides is 1. The molecule has 8 nitrogen and oxygen atoms in total. The summed E-state index contributed by atoms with van der Waals surface area (Å²) in [5, 5.41) is 0. The molecule has 0 spiro atoms. The Morgan fingerprint density at radius 3 is 2.31 bits per heavy atom. The molecule has 0 bridgehead atoms. The zero-order valence-electron chi connectivity index (χ0n) is 17.9. The average Bonchev–Trinajstić information content (AvgIpc) is 2.82. The van der Waals surface area contributed by atoms with Crippen LogP contribution in [0.25, 0.3) is 22.1 Å². The van der Waals surface area contributed by atoms with Gasteiger partial charge in [0.05, 0.1) is 27.8 Å². The van der Waals surface area contributed by atoms with E-state index in [1.807, 2.05) is 60.4 Å². The van der Waals surface area contributed by atoms with Gasteiger partial charge < -0.3 is 14.8 Å². The van der Waals surface area contributed by atoms with Crippen molar-refractivity contribution in [2.45, 2.75) is 19.8 Å². The average molecular weight is 428 g/mol. The molecule has 1 fully saturated rings. The first-order chi connectivity index (χ1) is 15.6. The van der Waals surface area contributed by atoms with Crippen molar-refractivity contribution in [3.8, 4) is 0 Å². The molecule has 1 N–H and O–H groups in total. The van der Waals surface area contributed by atoms with Crippen LogP contribution < -0.4 is 10.5 Å². The van der Waals surface area contributed by atoms with Gasteiger partial charge in [0.1, 0.15) is 5.69 Å². The van der Waals surface area contributed by atoms with E-state index >= 15 is 0 Å². The number of fused-ring (bicyclic) bond motifs is 2. The van der Waals surface area contributed by atoms with Crippen LogP contribution in [0, 0.1) is 6.92 Å². The third kappa shape index (κ3) is 3.91. The molecule has 8 heteroatoms. The number of nitrogens with zero attached hydrogens (tertiary/aromatic N) is 5. The molecule has 0 saturated carbocycles. The topological polar surface area (TPSA) is 95.1 Å². The summed E-state index contributed by atoms with van der Waals surface area (Å²) in [6, 6.07) is 15.3. The molecule has 1 aliphatic heterocycles. The number of piperazine rings is 1. The number of aryl methyl sites for hydroxylation is 2. The number of benzene rings is 2. The van der Waals surface area contributed by atoms with Crippen LogP contribution in [0.3, 0.4) is 0 Å². The number of anilines is 1. The van der Waals surface area contributed by atoms with E-state index in [9.17, 15) is 9.59 Å². The van der Waals surface area contributed by atoms with Crippen LogP contribution in [0.2, 0.25) is 0 Å². The first-order valence-corrected chi connectivity index (χ1v) is 10.8. The van der Waals surface area contributed by atoms with Crippen molar-refractivity contribution >= 4 is 33.8 Å². The first-order valence-electron chi connectivity index (χ1n) is 10.8. The van der Waals surface area contributed by atoms with Gasteiger partial charge in [-0.05, 0) is 31.2 Å². The standard InChI is InChI=1S/C24H24N6O2/c1-16-23(27-19-8-4-2-6-17(19)25-16)30-14-12-29(13-15-30)22(31)11-10-21-24(32)28-20-9-5-3-7-18(20)26-21/h2-9H,10-15H2,1H3,(H,28,32). The summed E-state index contributed by atoms with van der Waals surface area (Å²) in [5.74, 6) is 0.919. The second-order valence-electron chi connectivity index (χ2n) is 8.02. The lowest BCUT2D eigenvalue weighted by Gasteiger charge is -2.36. The van der Waals surface area contributed by atoms with Gasteiger partial charge in [0.2, 0.25) is 5.91 Å². The maximum absolute atomic E-state index is 12.8. The van der Waals surface area contributed by atoms with Gasteiger partial charge in [-0.2, -0.15) is 0 Å². The van der Waals surface area contributed by atoms with E-state index in [2.05, 4.69) is 19.9 Å². The van der Waals surface area contributed by atoms with Crippen molar-refractivity contribution in [3.63, 3.8) is 0 Å². The number of carbonyl (C=O) groups is 1. The monoisotopic (exact) mass is 428 g/mol. The summed E-state index contributed by atoms with van der Waals surface area (Å²) in [6.45, 7) is 4.62. The fraction of sp³-hybridized carbons (Fsp3) is 0.292. The number of hydrogen-bond acceptors (Lipinski definition) is 6. The number of para-hydroxylation sites is 4. The van der Waals surface area contributed by atoms with Crippen molar-refractivity contribution in [1.29, 1.82) is 0 Å². The molecule has 0 radical (unpaired) electrons. The number of aromatic nitrogens is 4. The molecule has 0 aliphatic carbocycles. The summed E-state index contributed by atoms with van der Waals surface area (Å²) in [7, 11) is 0. The Bertz CT molecular complexity index is 1360. The van der Waals surface area contributed by atoms with Crippen LogP contribution in [-0.2, 0) is 11.2 Å². The fourth-order valence-electron chi connectivity index (χ4n) is 4.17. The van der Waals surface area contributed by atoms with Gasteiger partial charge in [0.15, 0.2) is 5.82 Å². The van der Waals surface area contributed by atoms with Crippen LogP contribution in [0.4, 0.5) is 5.82 Å². The van der Waals surface area contributed by atoms with E-state index in [-0.39, 0.29) is 17.9 Å². The highest BCUT2D eigenvalue weighted by Crippen LogP contribution is 2.21. The Kier molecular flexibility index (Phi) is 5.26. The Labute approximate surface area is 184 Å². The molecule has 5 rings (SSSR count). The minimum Gasteiger partial charge on any atom is -0.352 e. The van der Waals surface area contributed by atoms with Crippen LogP contribution in [-0.4, -0.2) is 56.9 Å². The first kappa shape index (κ1) is 20.1. The lowest BCUT2D eigenvalue weighted by molar-refractivity contribution is -0.131. The predicted octanol–water partition coefficient (Wildman–Crippen LogP) is 2.46. The van der Waals surface area contributed by atoms with Gasteiger partial charge >= 0.3 is 0 Å². The van der Waals surface area contributed by atoms with Gasteiger partial charge in [-0.15, -0.1) is 0 Å². The molecule has 32 heavy (non-hydrogen) atoms. The van der Waals surface area contributed by atoms with E-state index in [1.165, 1.54) is 0 Å². The van der Waals surface area contributed by atoms with E-state index < -0.39 is 0 Å². The van der Waals surface area contributed by atoms with Crippen molar-refractivity contribution < 1.29 is 4.79 Å². The third-order valence-corrected chi connectivity index (χ3v) is 5.90. The van der Waals surface area contributed by atoms with Gasteiger partial charge in [-0.3, -0.25) is 9.59 Å². The molecule has 0 unspecified atom stereocenters. The largest absolute Gasteiger partial charge is 0.352 e. The summed E-state index contributed by atoms with van der Waals surface area (Å²) < 4.78 is 0. The summed E-state index contributed by atoms with van der Waals surface area (Å²) >= 11 is 0. The molecule has 2 aromatic carbocycles. The van der Waals surface area contributed by atoms with E-state index in [0.29, 0.717) is 43.8 Å². The Morgan fingerprint density at radius 2 is 1.56 bits per heavy atom. The fourth-order valence-corrected chi connectivity index (χ4v) is 4.17. The number of carbonyl (C=O) groups excluding carboxylic acids is 1. The van der Waals surface area contributed by atoms with Crippen molar-refractivity contribution in [2.75, 3.05) is 31.1 Å². The third-order valence-electron chi connectivity index (χ3n) is 5.90. The lowest BCUT2D eigenvalue weighted by Crippen LogP contribution is -2.49. The highest BCUT2D eigenvalue weighted by molar-refractivity contribution is 5.78. The highest BCUT2D eigenvalue weighted by Gasteiger charge is 2.23. The molecule has 162 valence electrons. The van der Waals surface area contributed by atoms with Gasteiger partial charge in [0, 0.05) is 39.0 Å². The zero-order chi connectivity index (χ0) is 22.1. The quantitative estimate of drug-likeness (QED) is 0.537. The molecular formula is C24H24N6O2. The number of rotatable bonds is 4. The van der Waals surface area contributed by atoms with Gasteiger partial charge in [0.25, 0.3) is 5.56 Å². The molecule has 1 amide bonds. The number of hydrogen-bond donors (Lipinski definition) is 1. The molecule has 0 atom stereocenters. The van der Waals surface area contributed by atoms with Crippen LogP contribution in [0.15, 0.2) is 53.3 Å². The highest BCUT2D eigenvalue weighted by atomic mass is 16.2. The number of H-pyrrole nitrogens is 1. The predicted molar refractivity (Wildman–Crippen MR) is 124 cm³/mol. The number of nitrogens with one attached hydrogen (secondary N) is 1. The lowest BCUT2D eigenvalue weighted by atomic mass is 10.2. The molecule has 3 heterocycles. The van der Waals surface area contributed by atoms with E-state index in [1.54, 1.807) is 0 Å². The molecule has 1 aliphatic rings. The summed E-state index contributed by atoms with van der Waals surface area (Å²) in [5.41, 5.74) is 4.26. The SMILES string of the molecule is Cc1nc2ccccc2nc1N1CCN(C(=O)CCc2nc3ccccc3[nH]c2=O)CC1. The number of aromatic amines is 1.